The summed E-state index contributed by atoms with van der Waals surface area (Å²) < 4.78 is 19.7. The average Bonchev–Trinajstić information content (AvgIpc) is 2.47. The Morgan fingerprint density at radius 1 is 1.33 bits per heavy atom. The van der Waals surface area contributed by atoms with Crippen LogP contribution >= 0.6 is 34.2 Å². The lowest BCUT2D eigenvalue weighted by molar-refractivity contribution is 0.386. The zero-order valence-corrected chi connectivity index (χ0v) is 14.3. The van der Waals surface area contributed by atoms with Crippen LogP contribution in [0.3, 0.4) is 0 Å². The summed E-state index contributed by atoms with van der Waals surface area (Å²) in [5.74, 6) is 5.50. The average molecular weight is 421 g/mol. The van der Waals surface area contributed by atoms with Crippen molar-refractivity contribution in [2.45, 2.75) is 12.5 Å². The Morgan fingerprint density at radius 3 is 2.71 bits per heavy atom. The second-order valence-corrected chi connectivity index (χ2v) is 6.16. The molecule has 2 rings (SSSR count). The Bertz CT molecular complexity index is 639. The summed E-state index contributed by atoms with van der Waals surface area (Å²) in [5, 5.41) is 0.645. The normalized spacial score (nSPS) is 12.2. The molecule has 112 valence electrons. The zero-order chi connectivity index (χ0) is 15.4. The van der Waals surface area contributed by atoms with Crippen LogP contribution in [0.25, 0.3) is 0 Å². The van der Waals surface area contributed by atoms with Gasteiger partial charge in [0.25, 0.3) is 0 Å². The molecule has 1 atom stereocenters. The Kier molecular flexibility index (Phi) is 5.80. The number of nitrogens with two attached hydrogens (primary N) is 1. The Balaban J connectivity index is 2.26. The first-order chi connectivity index (χ1) is 10.0. The fourth-order valence-electron chi connectivity index (χ4n) is 2.11. The van der Waals surface area contributed by atoms with Gasteiger partial charge in [0.05, 0.1) is 13.2 Å². The summed E-state index contributed by atoms with van der Waals surface area (Å²) in [6, 6.07) is 10.4. The van der Waals surface area contributed by atoms with E-state index < -0.39 is 0 Å². The molecule has 0 saturated carbocycles. The second kappa shape index (κ2) is 7.40. The van der Waals surface area contributed by atoms with Crippen molar-refractivity contribution in [1.29, 1.82) is 0 Å². The lowest BCUT2D eigenvalue weighted by atomic mass is 9.99. The topological polar surface area (TPSA) is 47.3 Å². The highest BCUT2D eigenvalue weighted by atomic mass is 127. The van der Waals surface area contributed by atoms with Crippen LogP contribution in [0.1, 0.15) is 17.2 Å². The molecular weight excluding hydrogens is 406 g/mol. The van der Waals surface area contributed by atoms with Gasteiger partial charge in [0.15, 0.2) is 11.6 Å². The first-order valence-corrected chi connectivity index (χ1v) is 7.74. The number of benzene rings is 2. The zero-order valence-electron chi connectivity index (χ0n) is 11.4. The lowest BCUT2D eigenvalue weighted by Gasteiger charge is -2.18. The summed E-state index contributed by atoms with van der Waals surface area (Å²) in [4.78, 5) is 0. The van der Waals surface area contributed by atoms with Gasteiger partial charge in [0, 0.05) is 8.59 Å². The van der Waals surface area contributed by atoms with E-state index in [0.29, 0.717) is 11.4 Å². The summed E-state index contributed by atoms with van der Waals surface area (Å²) in [7, 11) is 1.44. The van der Waals surface area contributed by atoms with Crippen LogP contribution in [0.15, 0.2) is 36.4 Å². The third-order valence-electron chi connectivity index (χ3n) is 3.19. The van der Waals surface area contributed by atoms with Crippen LogP contribution in [0.2, 0.25) is 5.02 Å². The van der Waals surface area contributed by atoms with E-state index in [-0.39, 0.29) is 17.6 Å². The summed E-state index contributed by atoms with van der Waals surface area (Å²) in [6.45, 7) is 0. The van der Waals surface area contributed by atoms with Gasteiger partial charge in [-0.1, -0.05) is 17.7 Å². The van der Waals surface area contributed by atoms with E-state index in [9.17, 15) is 4.39 Å². The Morgan fingerprint density at radius 2 is 2.10 bits per heavy atom. The molecule has 6 heteroatoms. The maximum absolute atomic E-state index is 13.8. The summed E-state index contributed by atoms with van der Waals surface area (Å²) in [6.07, 6.45) is 0.549. The van der Waals surface area contributed by atoms with Gasteiger partial charge in [0.2, 0.25) is 0 Å². The third-order valence-corrected chi connectivity index (χ3v) is 4.41. The lowest BCUT2D eigenvalue weighted by Crippen LogP contribution is -2.30. The quantitative estimate of drug-likeness (QED) is 0.439. The molecule has 0 amide bonds. The molecule has 0 aliphatic heterocycles. The maximum atomic E-state index is 13.8. The number of halogens is 3. The predicted molar refractivity (Wildman–Crippen MR) is 90.9 cm³/mol. The van der Waals surface area contributed by atoms with Gasteiger partial charge in [-0.15, -0.1) is 0 Å². The van der Waals surface area contributed by atoms with Gasteiger partial charge >= 0.3 is 0 Å². The van der Waals surface area contributed by atoms with Gasteiger partial charge in [-0.3, -0.25) is 11.3 Å². The minimum absolute atomic E-state index is 0.150. The molecule has 0 bridgehead atoms. The molecule has 3 N–H and O–H groups in total. The second-order valence-electron chi connectivity index (χ2n) is 4.56. The molecule has 2 aromatic rings. The van der Waals surface area contributed by atoms with Gasteiger partial charge in [-0.2, -0.15) is 0 Å². The van der Waals surface area contributed by atoms with Crippen LogP contribution in [0, 0.1) is 9.39 Å². The standard InChI is InChI=1S/C15H15ClFIN2O/c1-21-15-5-2-9(6-12(15)17)7-14(20-19)11-8-10(16)3-4-13(11)18/h2-6,8,14,20H,7,19H2,1H3. The van der Waals surface area contributed by atoms with Gasteiger partial charge < -0.3 is 4.74 Å². The molecule has 0 aliphatic carbocycles. The Hall–Kier alpha value is -0.890. The molecule has 0 radical (unpaired) electrons. The molecular formula is C15H15ClFIN2O. The van der Waals surface area contributed by atoms with Crippen molar-refractivity contribution < 1.29 is 9.13 Å². The molecule has 0 heterocycles. The molecule has 0 aromatic heterocycles. The molecule has 2 aromatic carbocycles. The molecule has 21 heavy (non-hydrogen) atoms. The Labute approximate surface area is 141 Å². The summed E-state index contributed by atoms with van der Waals surface area (Å²) >= 11 is 8.27. The SMILES string of the molecule is COc1ccc(CC(NN)c2cc(Cl)ccc2I)cc1F. The number of hydrogen-bond acceptors (Lipinski definition) is 3. The van der Waals surface area contributed by atoms with Gasteiger partial charge in [-0.05, 0) is 70.5 Å². The van der Waals surface area contributed by atoms with Crippen LogP contribution in [0.4, 0.5) is 4.39 Å². The number of hydrogen-bond donors (Lipinski definition) is 2. The highest BCUT2D eigenvalue weighted by Crippen LogP contribution is 2.27. The number of hydrazine groups is 1. The fraction of sp³-hybridized carbons (Fsp3) is 0.200. The first-order valence-electron chi connectivity index (χ1n) is 6.28. The van der Waals surface area contributed by atoms with Gasteiger partial charge in [0.1, 0.15) is 0 Å². The third kappa shape index (κ3) is 4.06. The smallest absolute Gasteiger partial charge is 0.165 e. The van der Waals surface area contributed by atoms with E-state index in [1.165, 1.54) is 13.2 Å². The predicted octanol–water partition coefficient (Wildman–Crippen LogP) is 3.84. The van der Waals surface area contributed by atoms with Gasteiger partial charge in [-0.25, -0.2) is 4.39 Å². The minimum Gasteiger partial charge on any atom is -0.494 e. The van der Waals surface area contributed by atoms with Crippen molar-refractivity contribution in [3.63, 3.8) is 0 Å². The van der Waals surface area contributed by atoms with Crippen LogP contribution in [0.5, 0.6) is 5.75 Å². The van der Waals surface area contributed by atoms with E-state index in [1.54, 1.807) is 6.07 Å². The first kappa shape index (κ1) is 16.5. The molecule has 1 unspecified atom stereocenters. The molecule has 0 aliphatic rings. The number of methoxy groups -OCH3 is 1. The summed E-state index contributed by atoms with van der Waals surface area (Å²) in [5.41, 5.74) is 4.58. The minimum atomic E-state index is -0.383. The number of nitrogens with one attached hydrogen (secondary N) is 1. The monoisotopic (exact) mass is 420 g/mol. The van der Waals surface area contributed by atoms with Crippen LogP contribution in [-0.4, -0.2) is 7.11 Å². The molecule has 0 fully saturated rings. The van der Waals surface area contributed by atoms with E-state index in [4.69, 9.17) is 22.2 Å². The van der Waals surface area contributed by atoms with Crippen LogP contribution in [-0.2, 0) is 6.42 Å². The number of ether oxygens (including phenoxy) is 1. The molecule has 3 nitrogen and oxygen atoms in total. The highest BCUT2D eigenvalue weighted by Gasteiger charge is 2.15. The highest BCUT2D eigenvalue weighted by molar-refractivity contribution is 14.1. The van der Waals surface area contributed by atoms with Crippen molar-refractivity contribution in [2.75, 3.05) is 7.11 Å². The van der Waals surface area contributed by atoms with E-state index in [0.717, 1.165) is 14.7 Å². The fourth-order valence-corrected chi connectivity index (χ4v) is 3.00. The van der Waals surface area contributed by atoms with E-state index in [2.05, 4.69) is 28.0 Å². The van der Waals surface area contributed by atoms with Crippen molar-refractivity contribution in [2.24, 2.45) is 5.84 Å². The molecule has 0 spiro atoms. The molecule has 0 saturated heterocycles. The van der Waals surface area contributed by atoms with Crippen LogP contribution < -0.4 is 16.0 Å². The van der Waals surface area contributed by atoms with Crippen molar-refractivity contribution >= 4 is 34.2 Å². The van der Waals surface area contributed by atoms with E-state index >= 15 is 0 Å². The van der Waals surface area contributed by atoms with Crippen molar-refractivity contribution in [3.8, 4) is 5.75 Å². The number of rotatable bonds is 5. The van der Waals surface area contributed by atoms with Crippen molar-refractivity contribution in [3.05, 3.63) is 61.9 Å². The van der Waals surface area contributed by atoms with Crippen molar-refractivity contribution in [1.82, 2.24) is 5.43 Å². The maximum Gasteiger partial charge on any atom is 0.165 e. The largest absolute Gasteiger partial charge is 0.494 e. The van der Waals surface area contributed by atoms with E-state index in [1.807, 2.05) is 24.3 Å².